The summed E-state index contributed by atoms with van der Waals surface area (Å²) in [4.78, 5) is 24.0. The van der Waals surface area contributed by atoms with Gasteiger partial charge in [0.05, 0.1) is 6.04 Å². The zero-order valence-corrected chi connectivity index (χ0v) is 14.6. The highest BCUT2D eigenvalue weighted by Crippen LogP contribution is 2.19. The summed E-state index contributed by atoms with van der Waals surface area (Å²) in [7, 11) is 0. The van der Waals surface area contributed by atoms with Gasteiger partial charge in [0, 0.05) is 25.5 Å². The van der Waals surface area contributed by atoms with Crippen molar-refractivity contribution in [3.05, 3.63) is 76.5 Å². The van der Waals surface area contributed by atoms with E-state index < -0.39 is 11.8 Å². The zero-order chi connectivity index (χ0) is 18.4. The molecule has 0 bridgehead atoms. The Balaban J connectivity index is 1.54. The molecule has 3 aromatic rings. The highest BCUT2D eigenvalue weighted by Gasteiger charge is 2.19. The molecule has 0 saturated heterocycles. The molecule has 0 fully saturated rings. The highest BCUT2D eigenvalue weighted by atomic mass is 32.1. The molecule has 0 radical (unpaired) electrons. The van der Waals surface area contributed by atoms with Gasteiger partial charge in [-0.25, -0.2) is 4.39 Å². The van der Waals surface area contributed by atoms with Crippen LogP contribution < -0.4 is 10.6 Å². The van der Waals surface area contributed by atoms with Gasteiger partial charge < -0.3 is 10.6 Å². The van der Waals surface area contributed by atoms with Gasteiger partial charge in [0.2, 0.25) is 0 Å². The van der Waals surface area contributed by atoms with E-state index in [1.165, 1.54) is 12.1 Å². The van der Waals surface area contributed by atoms with Crippen molar-refractivity contribution in [3.8, 4) is 0 Å². The number of rotatable bonds is 6. The molecular formula is C18H17FN4O2S. The third-order valence-electron chi connectivity index (χ3n) is 3.80. The molecule has 2 heterocycles. The van der Waals surface area contributed by atoms with E-state index in [0.29, 0.717) is 5.56 Å². The molecule has 8 heteroatoms. The van der Waals surface area contributed by atoms with Crippen molar-refractivity contribution in [1.82, 2.24) is 20.4 Å². The average molecular weight is 372 g/mol. The van der Waals surface area contributed by atoms with Crippen LogP contribution in [0.5, 0.6) is 0 Å². The number of hydrogen-bond acceptors (Lipinski definition) is 4. The fourth-order valence-electron chi connectivity index (χ4n) is 2.43. The van der Waals surface area contributed by atoms with E-state index in [9.17, 15) is 14.0 Å². The summed E-state index contributed by atoms with van der Waals surface area (Å²) in [5.41, 5.74) is 1.71. The van der Waals surface area contributed by atoms with Crippen LogP contribution in [0.15, 0.2) is 59.6 Å². The maximum Gasteiger partial charge on any atom is 0.309 e. The van der Waals surface area contributed by atoms with Gasteiger partial charge in [-0.3, -0.25) is 14.3 Å². The second-order valence-electron chi connectivity index (χ2n) is 5.58. The van der Waals surface area contributed by atoms with Gasteiger partial charge >= 0.3 is 11.8 Å². The van der Waals surface area contributed by atoms with Gasteiger partial charge in [-0.15, -0.1) is 0 Å². The summed E-state index contributed by atoms with van der Waals surface area (Å²) in [5, 5.41) is 13.3. The molecule has 0 saturated carbocycles. The summed E-state index contributed by atoms with van der Waals surface area (Å²) in [6.45, 7) is 0.390. The van der Waals surface area contributed by atoms with Gasteiger partial charge in [-0.05, 0) is 46.2 Å². The molecule has 26 heavy (non-hydrogen) atoms. The summed E-state index contributed by atoms with van der Waals surface area (Å²) >= 11 is 1.55. The van der Waals surface area contributed by atoms with Crippen LogP contribution in [-0.2, 0) is 16.1 Å². The number of aromatic nitrogens is 2. The van der Waals surface area contributed by atoms with E-state index in [1.54, 1.807) is 40.4 Å². The number of amides is 2. The molecule has 0 spiro atoms. The largest absolute Gasteiger partial charge is 0.345 e. The van der Waals surface area contributed by atoms with Gasteiger partial charge in [0.1, 0.15) is 5.82 Å². The summed E-state index contributed by atoms with van der Waals surface area (Å²) in [5.74, 6) is -1.81. The Kier molecular flexibility index (Phi) is 5.75. The minimum atomic E-state index is -0.737. The van der Waals surface area contributed by atoms with Crippen molar-refractivity contribution in [3.63, 3.8) is 0 Å². The van der Waals surface area contributed by atoms with E-state index in [-0.39, 0.29) is 24.9 Å². The smallest absolute Gasteiger partial charge is 0.309 e. The van der Waals surface area contributed by atoms with Crippen molar-refractivity contribution < 1.29 is 14.0 Å². The molecular weight excluding hydrogens is 355 g/mol. The first-order valence-corrected chi connectivity index (χ1v) is 8.89. The third kappa shape index (κ3) is 4.54. The topological polar surface area (TPSA) is 76.0 Å². The van der Waals surface area contributed by atoms with E-state index in [0.717, 1.165) is 5.56 Å². The monoisotopic (exact) mass is 372 g/mol. The van der Waals surface area contributed by atoms with Crippen LogP contribution >= 0.6 is 11.3 Å². The lowest BCUT2D eigenvalue weighted by atomic mass is 10.1. The molecule has 2 amide bonds. The molecule has 2 aromatic heterocycles. The second-order valence-corrected chi connectivity index (χ2v) is 6.36. The fraction of sp³-hybridized carbons (Fsp3) is 0.167. The van der Waals surface area contributed by atoms with E-state index >= 15 is 0 Å². The molecule has 1 atom stereocenters. The van der Waals surface area contributed by atoms with E-state index in [2.05, 4.69) is 15.7 Å². The van der Waals surface area contributed by atoms with Crippen LogP contribution in [0.2, 0.25) is 0 Å². The Bertz CT molecular complexity index is 814. The van der Waals surface area contributed by atoms with E-state index in [1.807, 2.05) is 23.0 Å². The number of nitrogens with one attached hydrogen (secondary N) is 2. The lowest BCUT2D eigenvalue weighted by Gasteiger charge is -2.17. The van der Waals surface area contributed by atoms with E-state index in [4.69, 9.17) is 0 Å². The predicted molar refractivity (Wildman–Crippen MR) is 95.9 cm³/mol. The van der Waals surface area contributed by atoms with Gasteiger partial charge in [-0.1, -0.05) is 12.1 Å². The lowest BCUT2D eigenvalue weighted by molar-refractivity contribution is -0.139. The SMILES string of the molecule is O=C(NCc1ccc(F)cc1)C(=O)NC[C@H](c1ccsc1)n1cccn1. The van der Waals surface area contributed by atoms with Crippen LogP contribution in [0.3, 0.4) is 0 Å². The second kappa shape index (κ2) is 8.39. The first-order valence-electron chi connectivity index (χ1n) is 7.95. The minimum absolute atomic E-state index is 0.152. The molecule has 1 aromatic carbocycles. The number of halogens is 1. The van der Waals surface area contributed by atoms with Crippen LogP contribution in [-0.4, -0.2) is 28.1 Å². The van der Waals surface area contributed by atoms with Crippen molar-refractivity contribution in [2.24, 2.45) is 0 Å². The zero-order valence-electron chi connectivity index (χ0n) is 13.8. The Labute approximate surface area is 153 Å². The number of benzene rings is 1. The number of nitrogens with zero attached hydrogens (tertiary/aromatic N) is 2. The van der Waals surface area contributed by atoms with Crippen molar-refractivity contribution in [1.29, 1.82) is 0 Å². The van der Waals surface area contributed by atoms with Crippen LogP contribution in [0.1, 0.15) is 17.2 Å². The standard InChI is InChI=1S/C18H17FN4O2S/c19-15-4-2-13(3-5-15)10-20-17(24)18(25)21-11-16(14-6-9-26-12-14)23-8-1-7-22-23/h1-9,12,16H,10-11H2,(H,20,24)(H,21,25)/t16-/m1/s1. The predicted octanol–water partition coefficient (Wildman–Crippen LogP) is 2.11. The summed E-state index contributed by atoms with van der Waals surface area (Å²) in [6, 6.07) is 9.28. The molecule has 2 N–H and O–H groups in total. The summed E-state index contributed by atoms with van der Waals surface area (Å²) < 4.78 is 14.6. The average Bonchev–Trinajstić information content (AvgIpc) is 3.35. The Morgan fingerprint density at radius 3 is 2.58 bits per heavy atom. The molecule has 3 rings (SSSR count). The highest BCUT2D eigenvalue weighted by molar-refractivity contribution is 7.08. The number of thiophene rings is 1. The van der Waals surface area contributed by atoms with Crippen molar-refractivity contribution in [2.75, 3.05) is 6.54 Å². The maximum atomic E-state index is 12.9. The fourth-order valence-corrected chi connectivity index (χ4v) is 3.14. The molecule has 0 aliphatic heterocycles. The van der Waals surface area contributed by atoms with Gasteiger partial charge in [-0.2, -0.15) is 16.4 Å². The summed E-state index contributed by atoms with van der Waals surface area (Å²) in [6.07, 6.45) is 3.47. The molecule has 0 aliphatic rings. The molecule has 0 aliphatic carbocycles. The minimum Gasteiger partial charge on any atom is -0.345 e. The normalized spacial score (nSPS) is 11.7. The first kappa shape index (κ1) is 17.8. The van der Waals surface area contributed by atoms with Crippen LogP contribution in [0.4, 0.5) is 4.39 Å². The van der Waals surface area contributed by atoms with Crippen molar-refractivity contribution in [2.45, 2.75) is 12.6 Å². The quantitative estimate of drug-likeness (QED) is 0.651. The van der Waals surface area contributed by atoms with Crippen LogP contribution in [0, 0.1) is 5.82 Å². The number of hydrogen-bond donors (Lipinski definition) is 2. The Morgan fingerprint density at radius 1 is 1.15 bits per heavy atom. The molecule has 6 nitrogen and oxygen atoms in total. The Hall–Kier alpha value is -3.00. The van der Waals surface area contributed by atoms with Crippen molar-refractivity contribution >= 4 is 23.2 Å². The maximum absolute atomic E-state index is 12.9. The van der Waals surface area contributed by atoms with Crippen LogP contribution in [0.25, 0.3) is 0 Å². The molecule has 134 valence electrons. The number of carbonyl (C=O) groups is 2. The van der Waals surface area contributed by atoms with Gasteiger partial charge in [0.25, 0.3) is 0 Å². The first-order chi connectivity index (χ1) is 12.6. The third-order valence-corrected chi connectivity index (χ3v) is 4.50. The Morgan fingerprint density at radius 2 is 1.92 bits per heavy atom. The lowest BCUT2D eigenvalue weighted by Crippen LogP contribution is -2.42. The van der Waals surface area contributed by atoms with Gasteiger partial charge in [0.15, 0.2) is 0 Å². The number of carbonyl (C=O) groups excluding carboxylic acids is 2. The molecule has 0 unspecified atom stereocenters.